The van der Waals surface area contributed by atoms with Gasteiger partial charge in [-0.15, -0.1) is 0 Å². The molecule has 382 valence electrons. The first-order valence-corrected chi connectivity index (χ1v) is 27.5. The van der Waals surface area contributed by atoms with E-state index in [9.17, 15) is 5.26 Å². The first-order chi connectivity index (χ1) is 40.6. The number of nitriles is 1. The first kappa shape index (κ1) is 47.9. The van der Waals surface area contributed by atoms with Gasteiger partial charge in [-0.3, -0.25) is 0 Å². The zero-order valence-electron chi connectivity index (χ0n) is 44.4. The van der Waals surface area contributed by atoms with E-state index in [1.54, 1.807) is 0 Å². The fraction of sp³-hybridized carbons (Fsp3) is 0. The minimum Gasteiger partial charge on any atom is -0.309 e. The molecule has 12 aromatic carbocycles. The summed E-state index contributed by atoms with van der Waals surface area (Å²) in [4.78, 5) is 15.6. The molecule has 0 amide bonds. The van der Waals surface area contributed by atoms with E-state index in [1.165, 1.54) is 0 Å². The van der Waals surface area contributed by atoms with Crippen LogP contribution in [0.4, 0.5) is 0 Å². The van der Waals surface area contributed by atoms with Crippen LogP contribution in [0.1, 0.15) is 5.56 Å². The van der Waals surface area contributed by atoms with E-state index in [2.05, 4.69) is 240 Å². The van der Waals surface area contributed by atoms with Gasteiger partial charge in [-0.2, -0.15) is 5.26 Å². The molecule has 0 bridgehead atoms. The molecule has 0 aliphatic heterocycles. The maximum absolute atomic E-state index is 10.8. The second-order valence-corrected chi connectivity index (χ2v) is 20.7. The second-order valence-electron chi connectivity index (χ2n) is 20.7. The zero-order chi connectivity index (χ0) is 54.5. The van der Waals surface area contributed by atoms with E-state index >= 15 is 0 Å². The monoisotopic (exact) mass is 1040 g/mol. The van der Waals surface area contributed by atoms with Crippen molar-refractivity contribution in [2.75, 3.05) is 0 Å². The van der Waals surface area contributed by atoms with Crippen molar-refractivity contribution in [1.82, 2.24) is 24.1 Å². The molecule has 0 unspecified atom stereocenters. The minimum absolute atomic E-state index is 0.546. The first-order valence-electron chi connectivity index (χ1n) is 27.5. The molecule has 0 spiro atoms. The summed E-state index contributed by atoms with van der Waals surface area (Å²) in [7, 11) is 0. The van der Waals surface area contributed by atoms with Crippen LogP contribution >= 0.6 is 0 Å². The number of nitrogens with zero attached hydrogens (tertiary/aromatic N) is 6. The van der Waals surface area contributed by atoms with Crippen LogP contribution in [0.5, 0.6) is 0 Å². The largest absolute Gasteiger partial charge is 0.309 e. The van der Waals surface area contributed by atoms with Crippen LogP contribution in [-0.2, 0) is 0 Å². The summed E-state index contributed by atoms with van der Waals surface area (Å²) in [5.41, 5.74) is 20.1. The van der Waals surface area contributed by atoms with E-state index in [0.29, 0.717) is 23.0 Å². The van der Waals surface area contributed by atoms with Crippen molar-refractivity contribution in [3.8, 4) is 107 Å². The Labute approximate surface area is 474 Å². The van der Waals surface area contributed by atoms with Crippen molar-refractivity contribution in [3.63, 3.8) is 0 Å². The molecule has 6 nitrogen and oxygen atoms in total. The Morgan fingerprint density at radius 2 is 0.524 bits per heavy atom. The van der Waals surface area contributed by atoms with Crippen LogP contribution < -0.4 is 0 Å². The third kappa shape index (κ3) is 8.49. The molecular formula is C76H48N6. The van der Waals surface area contributed by atoms with E-state index < -0.39 is 0 Å². The molecule has 82 heavy (non-hydrogen) atoms. The van der Waals surface area contributed by atoms with Crippen LogP contribution in [0.2, 0.25) is 0 Å². The Morgan fingerprint density at radius 3 is 0.854 bits per heavy atom. The Kier molecular flexibility index (Phi) is 11.8. The summed E-state index contributed by atoms with van der Waals surface area (Å²) in [6.07, 6.45) is 0. The molecule has 0 saturated carbocycles. The number of fused-ring (bicyclic) bond motifs is 6. The van der Waals surface area contributed by atoms with Gasteiger partial charge in [-0.1, -0.05) is 224 Å². The van der Waals surface area contributed by atoms with Gasteiger partial charge < -0.3 is 9.13 Å². The molecule has 0 saturated heterocycles. The van der Waals surface area contributed by atoms with Gasteiger partial charge >= 0.3 is 0 Å². The molecule has 0 fully saturated rings. The number of rotatable bonds is 10. The smallest absolute Gasteiger partial charge is 0.164 e. The van der Waals surface area contributed by atoms with E-state index in [4.69, 9.17) is 15.0 Å². The highest BCUT2D eigenvalue weighted by Crippen LogP contribution is 2.45. The fourth-order valence-corrected chi connectivity index (χ4v) is 11.8. The number of aromatic nitrogens is 5. The standard InChI is InChI=1S/C76H48N6/c77-49-50-31-37-62(72(43-50)81-68-39-33-57(51-19-7-1-8-20-51)44-64(68)65-45-58(34-40-69(65)81)52-21-9-2-10-22-52)63-38-32-61(76-79-74(55-27-15-5-16-28-55)78-75(80-76)56-29-17-6-18-30-56)48-73(63)82-70-41-35-59(53-23-11-3-12-24-53)46-66(70)67-47-60(36-42-71(67)82)54-25-13-4-14-26-54/h1-48H. The van der Waals surface area contributed by atoms with Gasteiger partial charge in [-0.05, 0) is 111 Å². The Hall–Kier alpha value is -11.3. The quantitative estimate of drug-likeness (QED) is 0.137. The molecule has 3 heterocycles. The van der Waals surface area contributed by atoms with Crippen molar-refractivity contribution < 1.29 is 0 Å². The van der Waals surface area contributed by atoms with Crippen molar-refractivity contribution in [2.45, 2.75) is 0 Å². The lowest BCUT2D eigenvalue weighted by Gasteiger charge is -2.20. The summed E-state index contributed by atoms with van der Waals surface area (Å²) < 4.78 is 4.77. The van der Waals surface area contributed by atoms with Gasteiger partial charge in [0.05, 0.1) is 45.1 Å². The van der Waals surface area contributed by atoms with Crippen LogP contribution in [-0.4, -0.2) is 24.1 Å². The number of hydrogen-bond donors (Lipinski definition) is 0. The summed E-state index contributed by atoms with van der Waals surface area (Å²) >= 11 is 0. The van der Waals surface area contributed by atoms with Gasteiger partial charge in [0.25, 0.3) is 0 Å². The highest BCUT2D eigenvalue weighted by molar-refractivity contribution is 6.14. The van der Waals surface area contributed by atoms with Gasteiger partial charge in [0.15, 0.2) is 17.5 Å². The van der Waals surface area contributed by atoms with Crippen LogP contribution in [0, 0.1) is 11.3 Å². The lowest BCUT2D eigenvalue weighted by atomic mass is 9.97. The minimum atomic E-state index is 0.546. The van der Waals surface area contributed by atoms with Gasteiger partial charge in [-0.25, -0.2) is 15.0 Å². The predicted molar refractivity (Wildman–Crippen MR) is 337 cm³/mol. The van der Waals surface area contributed by atoms with Crippen LogP contribution in [0.25, 0.3) is 145 Å². The van der Waals surface area contributed by atoms with Crippen molar-refractivity contribution in [2.24, 2.45) is 0 Å². The van der Waals surface area contributed by atoms with Gasteiger partial charge in [0, 0.05) is 49.4 Å². The van der Waals surface area contributed by atoms with E-state index in [0.717, 1.165) is 127 Å². The SMILES string of the molecule is N#Cc1ccc(-c2ccc(-c3nc(-c4ccccc4)nc(-c4ccccc4)n3)cc2-n2c3ccc(-c4ccccc4)cc3c3cc(-c4ccccc4)ccc32)c(-n2c3ccc(-c4ccccc4)cc3c3cc(-c4ccccc4)ccc32)c1. The zero-order valence-corrected chi connectivity index (χ0v) is 44.4. The molecule has 15 rings (SSSR count). The topological polar surface area (TPSA) is 72.3 Å². The van der Waals surface area contributed by atoms with Crippen LogP contribution in [0.15, 0.2) is 291 Å². The van der Waals surface area contributed by atoms with Crippen molar-refractivity contribution in [1.29, 1.82) is 5.26 Å². The number of benzene rings is 12. The van der Waals surface area contributed by atoms with Crippen molar-refractivity contribution in [3.05, 3.63) is 297 Å². The van der Waals surface area contributed by atoms with Crippen LogP contribution in [0.3, 0.4) is 0 Å². The predicted octanol–water partition coefficient (Wildman–Crippen LogP) is 19.3. The summed E-state index contributed by atoms with van der Waals surface area (Å²) in [6, 6.07) is 105. The molecule has 0 atom stereocenters. The summed E-state index contributed by atoms with van der Waals surface area (Å²) in [5.74, 6) is 1.71. The highest BCUT2D eigenvalue weighted by Gasteiger charge is 2.24. The molecular weight excluding hydrogens is 997 g/mol. The second kappa shape index (κ2) is 20.2. The highest BCUT2D eigenvalue weighted by atomic mass is 15.0. The average Bonchev–Trinajstić information content (AvgIpc) is 4.10. The molecule has 3 aromatic heterocycles. The summed E-state index contributed by atoms with van der Waals surface area (Å²) in [6.45, 7) is 0. The molecule has 0 aliphatic rings. The lowest BCUT2D eigenvalue weighted by molar-refractivity contribution is 1.07. The Morgan fingerprint density at radius 1 is 0.244 bits per heavy atom. The third-order valence-corrected chi connectivity index (χ3v) is 15.8. The summed E-state index contributed by atoms with van der Waals surface area (Å²) in [5, 5.41) is 15.3. The van der Waals surface area contributed by atoms with E-state index in [1.807, 2.05) is 66.7 Å². The maximum atomic E-state index is 10.8. The third-order valence-electron chi connectivity index (χ3n) is 15.8. The molecule has 0 aliphatic carbocycles. The molecule has 15 aromatic rings. The number of hydrogen-bond acceptors (Lipinski definition) is 4. The lowest BCUT2D eigenvalue weighted by Crippen LogP contribution is -2.04. The molecule has 0 radical (unpaired) electrons. The van der Waals surface area contributed by atoms with Crippen molar-refractivity contribution >= 4 is 43.6 Å². The van der Waals surface area contributed by atoms with Gasteiger partial charge in [0.1, 0.15) is 0 Å². The fourth-order valence-electron chi connectivity index (χ4n) is 11.8. The van der Waals surface area contributed by atoms with Gasteiger partial charge in [0.2, 0.25) is 0 Å². The average molecular weight is 1050 g/mol. The molecule has 0 N–H and O–H groups in total. The maximum Gasteiger partial charge on any atom is 0.164 e. The Balaban J connectivity index is 1.03. The van der Waals surface area contributed by atoms with E-state index in [-0.39, 0.29) is 0 Å². The normalized spacial score (nSPS) is 11.4. The Bertz CT molecular complexity index is 4700. The molecule has 6 heteroatoms.